The average Bonchev–Trinajstić information content (AvgIpc) is 1.89. The summed E-state index contributed by atoms with van der Waals surface area (Å²) in [6.45, 7) is 5.24. The molecule has 11 heavy (non-hydrogen) atoms. The Bertz CT molecular complexity index is 96.8. The minimum absolute atomic E-state index is 0. The van der Waals surface area contributed by atoms with Gasteiger partial charge in [0.05, 0.1) is 6.61 Å². The largest absolute Gasteiger partial charge is 0.381 e. The molecule has 0 saturated carbocycles. The minimum atomic E-state index is 0. The molecule has 0 bridgehead atoms. The van der Waals surface area contributed by atoms with Crippen molar-refractivity contribution < 1.29 is 4.74 Å². The van der Waals surface area contributed by atoms with Crippen molar-refractivity contribution in [2.24, 2.45) is 5.41 Å². The molecule has 0 aromatic carbocycles. The first-order valence-electron chi connectivity index (χ1n) is 3.99. The van der Waals surface area contributed by atoms with Crippen LogP contribution in [0.25, 0.3) is 0 Å². The van der Waals surface area contributed by atoms with Crippen LogP contribution in [0.15, 0.2) is 0 Å². The van der Waals surface area contributed by atoms with Gasteiger partial charge in [-0.2, -0.15) is 0 Å². The van der Waals surface area contributed by atoms with Crippen LogP contribution in [0.5, 0.6) is 0 Å². The van der Waals surface area contributed by atoms with Crippen molar-refractivity contribution in [3.63, 3.8) is 0 Å². The van der Waals surface area contributed by atoms with E-state index in [1.54, 1.807) is 0 Å². The lowest BCUT2D eigenvalue weighted by molar-refractivity contribution is 0.00403. The van der Waals surface area contributed by atoms with E-state index in [-0.39, 0.29) is 12.4 Å². The van der Waals surface area contributed by atoms with Gasteiger partial charge in [0, 0.05) is 18.6 Å². The van der Waals surface area contributed by atoms with E-state index in [0.717, 1.165) is 19.8 Å². The molecular weight excluding hydrogens is 162 g/mol. The first kappa shape index (κ1) is 11.2. The molecule has 0 aromatic rings. The van der Waals surface area contributed by atoms with Gasteiger partial charge in [-0.25, -0.2) is 0 Å². The molecule has 1 rings (SSSR count). The molecular formula is C8H18ClNO. The molecule has 1 N–H and O–H groups in total. The van der Waals surface area contributed by atoms with E-state index in [1.165, 1.54) is 12.8 Å². The van der Waals surface area contributed by atoms with E-state index in [0.29, 0.717) is 5.41 Å². The fourth-order valence-corrected chi connectivity index (χ4v) is 1.56. The summed E-state index contributed by atoms with van der Waals surface area (Å²) in [4.78, 5) is 0. The second-order valence-corrected chi connectivity index (χ2v) is 3.50. The molecule has 0 spiro atoms. The Morgan fingerprint density at radius 3 is 2.73 bits per heavy atom. The summed E-state index contributed by atoms with van der Waals surface area (Å²) >= 11 is 0. The van der Waals surface area contributed by atoms with Gasteiger partial charge in [-0.1, -0.05) is 6.92 Å². The van der Waals surface area contributed by atoms with Gasteiger partial charge in [-0.3, -0.25) is 0 Å². The third kappa shape index (κ3) is 3.41. The zero-order valence-electron chi connectivity index (χ0n) is 7.35. The van der Waals surface area contributed by atoms with Crippen molar-refractivity contribution in [1.29, 1.82) is 0 Å². The summed E-state index contributed by atoms with van der Waals surface area (Å²) in [5.41, 5.74) is 0.396. The summed E-state index contributed by atoms with van der Waals surface area (Å²) in [6.07, 6.45) is 2.52. The van der Waals surface area contributed by atoms with Crippen LogP contribution >= 0.6 is 12.4 Å². The lowest BCUT2D eigenvalue weighted by Gasteiger charge is -2.32. The summed E-state index contributed by atoms with van der Waals surface area (Å²) in [5, 5.41) is 3.20. The Morgan fingerprint density at radius 1 is 1.55 bits per heavy atom. The highest BCUT2D eigenvalue weighted by molar-refractivity contribution is 5.85. The van der Waals surface area contributed by atoms with Crippen molar-refractivity contribution >= 4 is 12.4 Å². The molecule has 1 aliphatic heterocycles. The van der Waals surface area contributed by atoms with Crippen LogP contribution in [0.2, 0.25) is 0 Å². The maximum atomic E-state index is 5.40. The predicted octanol–water partition coefficient (Wildman–Crippen LogP) is 1.44. The Morgan fingerprint density at radius 2 is 2.27 bits per heavy atom. The second-order valence-electron chi connectivity index (χ2n) is 3.50. The first-order chi connectivity index (χ1) is 4.77. The van der Waals surface area contributed by atoms with Gasteiger partial charge in [0.1, 0.15) is 0 Å². The Balaban J connectivity index is 0.000001000. The topological polar surface area (TPSA) is 21.3 Å². The van der Waals surface area contributed by atoms with Crippen molar-refractivity contribution in [1.82, 2.24) is 5.32 Å². The first-order valence-corrected chi connectivity index (χ1v) is 3.99. The standard InChI is InChI=1S/C8H17NO.ClH/c1-8(6-9-2)4-3-5-10-7-8;/h9H,3-7H2,1-2H3;1H. The molecule has 1 heterocycles. The number of nitrogens with one attached hydrogen (secondary N) is 1. The van der Waals surface area contributed by atoms with Crippen molar-refractivity contribution in [2.75, 3.05) is 26.8 Å². The average molecular weight is 180 g/mol. The van der Waals surface area contributed by atoms with E-state index in [1.807, 2.05) is 7.05 Å². The van der Waals surface area contributed by atoms with E-state index in [4.69, 9.17) is 4.74 Å². The summed E-state index contributed by atoms with van der Waals surface area (Å²) in [5.74, 6) is 0. The molecule has 1 saturated heterocycles. The smallest absolute Gasteiger partial charge is 0.0531 e. The highest BCUT2D eigenvalue weighted by Crippen LogP contribution is 2.26. The SMILES string of the molecule is CNCC1(C)CCCOC1.Cl. The predicted molar refractivity (Wildman–Crippen MR) is 49.3 cm³/mol. The third-order valence-corrected chi connectivity index (χ3v) is 2.12. The van der Waals surface area contributed by atoms with Crippen molar-refractivity contribution in [3.05, 3.63) is 0 Å². The van der Waals surface area contributed by atoms with Crippen LogP contribution in [0, 0.1) is 5.41 Å². The summed E-state index contributed by atoms with van der Waals surface area (Å²) in [7, 11) is 2.00. The number of hydrogen-bond donors (Lipinski definition) is 1. The van der Waals surface area contributed by atoms with Crippen LogP contribution in [0.3, 0.4) is 0 Å². The molecule has 1 atom stereocenters. The van der Waals surface area contributed by atoms with Gasteiger partial charge in [-0.05, 0) is 19.9 Å². The molecule has 0 aliphatic carbocycles. The van der Waals surface area contributed by atoms with Gasteiger partial charge in [-0.15, -0.1) is 12.4 Å². The van der Waals surface area contributed by atoms with E-state index in [2.05, 4.69) is 12.2 Å². The highest BCUT2D eigenvalue weighted by atomic mass is 35.5. The number of hydrogen-bond acceptors (Lipinski definition) is 2. The van der Waals surface area contributed by atoms with Gasteiger partial charge in [0.25, 0.3) is 0 Å². The van der Waals surface area contributed by atoms with Gasteiger partial charge >= 0.3 is 0 Å². The molecule has 2 nitrogen and oxygen atoms in total. The van der Waals surface area contributed by atoms with Crippen LogP contribution < -0.4 is 5.32 Å². The molecule has 3 heteroatoms. The van der Waals surface area contributed by atoms with Crippen molar-refractivity contribution in [3.8, 4) is 0 Å². The summed E-state index contributed by atoms with van der Waals surface area (Å²) in [6, 6.07) is 0. The van der Waals surface area contributed by atoms with Crippen molar-refractivity contribution in [2.45, 2.75) is 19.8 Å². The van der Waals surface area contributed by atoms with E-state index >= 15 is 0 Å². The Labute approximate surface area is 75.1 Å². The zero-order chi connectivity index (χ0) is 7.45. The van der Waals surface area contributed by atoms with Gasteiger partial charge < -0.3 is 10.1 Å². The molecule has 1 fully saturated rings. The van der Waals surface area contributed by atoms with Crippen LogP contribution in [-0.2, 0) is 4.74 Å². The van der Waals surface area contributed by atoms with Gasteiger partial charge in [0.15, 0.2) is 0 Å². The normalized spacial score (nSPS) is 31.1. The number of rotatable bonds is 2. The minimum Gasteiger partial charge on any atom is -0.381 e. The number of halogens is 1. The lowest BCUT2D eigenvalue weighted by Crippen LogP contribution is -2.37. The zero-order valence-corrected chi connectivity index (χ0v) is 8.17. The molecule has 0 radical (unpaired) electrons. The maximum absolute atomic E-state index is 5.40. The van der Waals surface area contributed by atoms with Crippen LogP contribution in [0.1, 0.15) is 19.8 Å². The fraction of sp³-hybridized carbons (Fsp3) is 1.00. The quantitative estimate of drug-likeness (QED) is 0.693. The van der Waals surface area contributed by atoms with Crippen LogP contribution in [0.4, 0.5) is 0 Å². The summed E-state index contributed by atoms with van der Waals surface area (Å²) < 4.78 is 5.40. The third-order valence-electron chi connectivity index (χ3n) is 2.12. The molecule has 68 valence electrons. The maximum Gasteiger partial charge on any atom is 0.0531 e. The number of ether oxygens (including phenoxy) is 1. The highest BCUT2D eigenvalue weighted by Gasteiger charge is 2.26. The van der Waals surface area contributed by atoms with Gasteiger partial charge in [0.2, 0.25) is 0 Å². The lowest BCUT2D eigenvalue weighted by atomic mass is 9.85. The van der Waals surface area contributed by atoms with E-state index < -0.39 is 0 Å². The Kier molecular flexibility index (Phi) is 5.06. The second kappa shape index (κ2) is 4.96. The monoisotopic (exact) mass is 179 g/mol. The molecule has 0 aromatic heterocycles. The van der Waals surface area contributed by atoms with E-state index in [9.17, 15) is 0 Å². The molecule has 1 unspecified atom stereocenters. The fourth-order valence-electron chi connectivity index (χ4n) is 1.56. The van der Waals surface area contributed by atoms with Crippen LogP contribution in [-0.4, -0.2) is 26.8 Å². The molecule has 1 aliphatic rings. The molecule has 0 amide bonds. The Hall–Kier alpha value is 0.210.